The van der Waals surface area contributed by atoms with Crippen LogP contribution in [0.3, 0.4) is 0 Å². The molecule has 0 saturated carbocycles. The normalized spacial score (nSPS) is 16.7. The van der Waals surface area contributed by atoms with E-state index >= 15 is 0 Å². The summed E-state index contributed by atoms with van der Waals surface area (Å²) in [4.78, 5) is 37.1. The van der Waals surface area contributed by atoms with Crippen LogP contribution in [0.5, 0.6) is 0 Å². The van der Waals surface area contributed by atoms with Crippen LogP contribution in [0.2, 0.25) is 0 Å². The van der Waals surface area contributed by atoms with Crippen LogP contribution in [0.15, 0.2) is 29.8 Å². The number of nitrogens with zero attached hydrogens (tertiary/aromatic N) is 4. The zero-order valence-corrected chi connectivity index (χ0v) is 18.9. The van der Waals surface area contributed by atoms with Crippen molar-refractivity contribution >= 4 is 23.3 Å². The molecule has 0 spiro atoms. The Bertz CT molecular complexity index is 878. The lowest BCUT2D eigenvalue weighted by molar-refractivity contribution is -0.143. The summed E-state index contributed by atoms with van der Waals surface area (Å²) in [5.41, 5.74) is 1.74. The van der Waals surface area contributed by atoms with Crippen molar-refractivity contribution in [3.63, 3.8) is 0 Å². The summed E-state index contributed by atoms with van der Waals surface area (Å²) in [6.07, 6.45) is 3.41. The van der Waals surface area contributed by atoms with Gasteiger partial charge in [-0.05, 0) is 36.3 Å². The largest absolute Gasteiger partial charge is 0.480 e. The third kappa shape index (κ3) is 5.36. The van der Waals surface area contributed by atoms with E-state index in [1.54, 1.807) is 11.1 Å². The van der Waals surface area contributed by atoms with Crippen molar-refractivity contribution in [2.75, 3.05) is 13.1 Å². The molecule has 0 bridgehead atoms. The Balaban J connectivity index is 1.65. The Morgan fingerprint density at radius 1 is 1.30 bits per heavy atom. The van der Waals surface area contributed by atoms with Gasteiger partial charge in [0.15, 0.2) is 0 Å². The van der Waals surface area contributed by atoms with Gasteiger partial charge in [0, 0.05) is 24.7 Å². The zero-order chi connectivity index (χ0) is 21.9. The first-order chi connectivity index (χ1) is 14.2. The average Bonchev–Trinajstić information content (AvgIpc) is 3.29. The van der Waals surface area contributed by atoms with Crippen LogP contribution in [-0.4, -0.2) is 56.0 Å². The fourth-order valence-electron chi connectivity index (χ4n) is 3.69. The van der Waals surface area contributed by atoms with E-state index in [0.717, 1.165) is 29.2 Å². The summed E-state index contributed by atoms with van der Waals surface area (Å²) in [5, 5.41) is 12.6. The van der Waals surface area contributed by atoms with Crippen molar-refractivity contribution in [3.05, 3.63) is 35.5 Å². The number of hydrogen-bond acceptors (Lipinski definition) is 5. The molecule has 1 saturated heterocycles. The van der Waals surface area contributed by atoms with E-state index in [2.05, 4.69) is 30.7 Å². The number of carboxylic acid groups (broad SMARTS) is 1. The predicted octanol–water partition coefficient (Wildman–Crippen LogP) is 4.36. The van der Waals surface area contributed by atoms with Gasteiger partial charge in [0.05, 0.1) is 17.9 Å². The molecule has 0 aromatic carbocycles. The third-order valence-corrected chi connectivity index (χ3v) is 6.31. The van der Waals surface area contributed by atoms with Crippen LogP contribution in [0.1, 0.15) is 46.2 Å². The number of carbonyl (C=O) groups excluding carboxylic acids is 1. The fraction of sp³-hybridized carbons (Fsp3) is 0.545. The summed E-state index contributed by atoms with van der Waals surface area (Å²) < 4.78 is 0. The Morgan fingerprint density at radius 2 is 2.07 bits per heavy atom. The Hall–Kier alpha value is -2.48. The van der Waals surface area contributed by atoms with E-state index < -0.39 is 12.0 Å². The highest BCUT2D eigenvalue weighted by atomic mass is 32.1. The lowest BCUT2D eigenvalue weighted by atomic mass is 9.84. The van der Waals surface area contributed by atoms with Gasteiger partial charge in [-0.1, -0.05) is 33.8 Å². The minimum atomic E-state index is -0.933. The number of urea groups is 1. The molecule has 162 valence electrons. The molecule has 1 N–H and O–H groups in total. The number of aromatic nitrogens is 2. The predicted molar refractivity (Wildman–Crippen MR) is 117 cm³/mol. The number of rotatable bonds is 8. The molecule has 0 unspecified atom stereocenters. The molecule has 8 heteroatoms. The SMILES string of the molecule is C[C@@H](CCC(C)(C)C)[C@@H](C(=O)O)N1CCN(Cc2csc(-c3ccccn3)n2)C1=O. The molecular formula is C22H30N4O3S. The first kappa shape index (κ1) is 22.2. The number of aliphatic carboxylic acids is 1. The van der Waals surface area contributed by atoms with Crippen molar-refractivity contribution in [3.8, 4) is 10.7 Å². The van der Waals surface area contributed by atoms with E-state index in [4.69, 9.17) is 0 Å². The molecule has 3 heterocycles. The summed E-state index contributed by atoms with van der Waals surface area (Å²) in [6, 6.07) is 4.65. The fourth-order valence-corrected chi connectivity index (χ4v) is 4.48. The van der Waals surface area contributed by atoms with Crippen molar-refractivity contribution < 1.29 is 14.7 Å². The van der Waals surface area contributed by atoms with Crippen LogP contribution >= 0.6 is 11.3 Å². The first-order valence-electron chi connectivity index (χ1n) is 10.3. The summed E-state index contributed by atoms with van der Waals surface area (Å²) in [5.74, 6) is -1.04. The van der Waals surface area contributed by atoms with Crippen molar-refractivity contribution in [2.45, 2.75) is 53.1 Å². The number of thiazole rings is 1. The van der Waals surface area contributed by atoms with Crippen LogP contribution in [0.4, 0.5) is 4.79 Å². The van der Waals surface area contributed by atoms with E-state index in [0.29, 0.717) is 19.6 Å². The molecule has 1 fully saturated rings. The van der Waals surface area contributed by atoms with Gasteiger partial charge < -0.3 is 14.9 Å². The van der Waals surface area contributed by atoms with Crippen molar-refractivity contribution in [1.82, 2.24) is 19.8 Å². The molecular weight excluding hydrogens is 400 g/mol. The number of pyridine rings is 1. The number of hydrogen-bond donors (Lipinski definition) is 1. The maximum Gasteiger partial charge on any atom is 0.326 e. The van der Waals surface area contributed by atoms with Gasteiger partial charge in [-0.15, -0.1) is 11.3 Å². The molecule has 3 rings (SSSR count). The molecule has 30 heavy (non-hydrogen) atoms. The minimum Gasteiger partial charge on any atom is -0.480 e. The van der Waals surface area contributed by atoms with Crippen LogP contribution in [-0.2, 0) is 11.3 Å². The lowest BCUT2D eigenvalue weighted by Gasteiger charge is -2.31. The molecule has 2 atom stereocenters. The summed E-state index contributed by atoms with van der Waals surface area (Å²) >= 11 is 1.49. The quantitative estimate of drug-likeness (QED) is 0.672. The topological polar surface area (TPSA) is 86.6 Å². The van der Waals surface area contributed by atoms with E-state index in [9.17, 15) is 14.7 Å². The lowest BCUT2D eigenvalue weighted by Crippen LogP contribution is -2.47. The van der Waals surface area contributed by atoms with E-state index in [-0.39, 0.29) is 17.4 Å². The molecule has 2 aromatic heterocycles. The van der Waals surface area contributed by atoms with Crippen LogP contribution in [0.25, 0.3) is 10.7 Å². The molecule has 7 nitrogen and oxygen atoms in total. The molecule has 1 aliphatic rings. The number of carbonyl (C=O) groups is 2. The summed E-state index contributed by atoms with van der Waals surface area (Å²) in [7, 11) is 0. The third-order valence-electron chi connectivity index (χ3n) is 5.39. The molecule has 0 radical (unpaired) electrons. The van der Waals surface area contributed by atoms with E-state index in [1.165, 1.54) is 16.2 Å². The van der Waals surface area contributed by atoms with E-state index in [1.807, 2.05) is 30.5 Å². The van der Waals surface area contributed by atoms with Gasteiger partial charge in [-0.2, -0.15) is 0 Å². The second-order valence-corrected chi connectivity index (χ2v) is 9.97. The molecule has 2 amide bonds. The molecule has 0 aliphatic carbocycles. The molecule has 1 aliphatic heterocycles. The molecule has 2 aromatic rings. The Labute approximate surface area is 181 Å². The minimum absolute atomic E-state index is 0.111. The van der Waals surface area contributed by atoms with Crippen molar-refractivity contribution in [2.24, 2.45) is 11.3 Å². The van der Waals surface area contributed by atoms with Gasteiger partial charge in [-0.25, -0.2) is 14.6 Å². The second-order valence-electron chi connectivity index (χ2n) is 9.12. The highest BCUT2D eigenvalue weighted by Gasteiger charge is 2.40. The first-order valence-corrected chi connectivity index (χ1v) is 11.2. The van der Waals surface area contributed by atoms with Gasteiger partial charge in [-0.3, -0.25) is 4.98 Å². The number of carboxylic acids is 1. The monoisotopic (exact) mass is 430 g/mol. The zero-order valence-electron chi connectivity index (χ0n) is 18.0. The summed E-state index contributed by atoms with van der Waals surface area (Å²) in [6.45, 7) is 9.67. The maximum atomic E-state index is 13.0. The highest BCUT2D eigenvalue weighted by Crippen LogP contribution is 2.29. The van der Waals surface area contributed by atoms with Crippen LogP contribution < -0.4 is 0 Å². The highest BCUT2D eigenvalue weighted by molar-refractivity contribution is 7.13. The Morgan fingerprint density at radius 3 is 2.70 bits per heavy atom. The standard InChI is InChI=1S/C22H30N4O3S/c1-15(8-9-22(2,3)4)18(20(27)28)26-12-11-25(21(26)29)13-16-14-30-19(24-16)17-7-5-6-10-23-17/h5-7,10,14-15,18H,8-9,11-13H2,1-4H3,(H,27,28)/t15-,18-/m0/s1. The van der Waals surface area contributed by atoms with Gasteiger partial charge in [0.25, 0.3) is 0 Å². The average molecular weight is 431 g/mol. The second kappa shape index (κ2) is 9.12. The smallest absolute Gasteiger partial charge is 0.326 e. The number of amides is 2. The van der Waals surface area contributed by atoms with Crippen molar-refractivity contribution in [1.29, 1.82) is 0 Å². The van der Waals surface area contributed by atoms with Gasteiger partial charge >= 0.3 is 12.0 Å². The van der Waals surface area contributed by atoms with Crippen LogP contribution in [0, 0.1) is 11.3 Å². The Kier molecular flexibility index (Phi) is 6.75. The van der Waals surface area contributed by atoms with Gasteiger partial charge in [0.1, 0.15) is 11.0 Å². The van der Waals surface area contributed by atoms with Gasteiger partial charge in [0.2, 0.25) is 0 Å². The maximum absolute atomic E-state index is 13.0.